The summed E-state index contributed by atoms with van der Waals surface area (Å²) in [7, 11) is 0. The van der Waals surface area contributed by atoms with Gasteiger partial charge in [0, 0.05) is 6.07 Å². The maximum atomic E-state index is 13.1. The second-order valence-electron chi connectivity index (χ2n) is 3.67. The Bertz CT molecular complexity index is 279. The van der Waals surface area contributed by atoms with Crippen LogP contribution in [-0.2, 0) is 6.42 Å². The van der Waals surface area contributed by atoms with E-state index in [0.29, 0.717) is 17.9 Å². The molecule has 0 fully saturated rings. The van der Waals surface area contributed by atoms with E-state index in [2.05, 4.69) is 13.8 Å². The van der Waals surface area contributed by atoms with E-state index >= 15 is 0 Å². The molecule has 13 heavy (non-hydrogen) atoms. The normalized spacial score (nSPS) is 10.8. The fourth-order valence-corrected chi connectivity index (χ4v) is 1.17. The Morgan fingerprint density at radius 1 is 1.23 bits per heavy atom. The first kappa shape index (κ1) is 10.2. The first-order valence-electron chi connectivity index (χ1n) is 4.53. The zero-order chi connectivity index (χ0) is 9.84. The van der Waals surface area contributed by atoms with Crippen molar-refractivity contribution in [2.45, 2.75) is 26.7 Å². The molecule has 0 nitrogen and oxygen atoms in total. The molecule has 0 aliphatic rings. The van der Waals surface area contributed by atoms with E-state index in [1.165, 1.54) is 12.1 Å². The Hall–Kier alpha value is -0.920. The van der Waals surface area contributed by atoms with Gasteiger partial charge in [-0.15, -0.1) is 0 Å². The zero-order valence-electron chi connectivity index (χ0n) is 7.98. The maximum absolute atomic E-state index is 13.1. The molecule has 0 aliphatic heterocycles. The lowest BCUT2D eigenvalue weighted by atomic mass is 10.0. The highest BCUT2D eigenvalue weighted by Gasteiger charge is 2.04. The summed E-state index contributed by atoms with van der Waals surface area (Å²) in [6, 6.07) is 3.77. The fraction of sp³-hybridized carbons (Fsp3) is 0.455. The van der Waals surface area contributed by atoms with Gasteiger partial charge in [-0.1, -0.05) is 19.9 Å². The van der Waals surface area contributed by atoms with Gasteiger partial charge >= 0.3 is 0 Å². The molecule has 0 saturated carbocycles. The third-order valence-electron chi connectivity index (χ3n) is 2.01. The van der Waals surface area contributed by atoms with Gasteiger partial charge in [0.2, 0.25) is 0 Å². The predicted molar refractivity (Wildman–Crippen MR) is 49.5 cm³/mol. The van der Waals surface area contributed by atoms with Crippen LogP contribution in [0.15, 0.2) is 18.2 Å². The molecular formula is C11H14F2. The molecule has 0 atom stereocenters. The highest BCUT2D eigenvalue weighted by atomic mass is 19.1. The minimum Gasteiger partial charge on any atom is -0.207 e. The van der Waals surface area contributed by atoms with E-state index in [4.69, 9.17) is 0 Å². The van der Waals surface area contributed by atoms with Crippen LogP contribution in [0.2, 0.25) is 0 Å². The van der Waals surface area contributed by atoms with Gasteiger partial charge in [0.1, 0.15) is 11.6 Å². The van der Waals surface area contributed by atoms with E-state index in [1.54, 1.807) is 0 Å². The Kier molecular flexibility index (Phi) is 3.40. The molecule has 0 radical (unpaired) electrons. The highest BCUT2D eigenvalue weighted by molar-refractivity contribution is 5.18. The number of hydrogen-bond donors (Lipinski definition) is 0. The van der Waals surface area contributed by atoms with Crippen molar-refractivity contribution in [2.24, 2.45) is 5.92 Å². The Labute approximate surface area is 77.6 Å². The predicted octanol–water partition coefficient (Wildman–Crippen LogP) is 3.55. The summed E-state index contributed by atoms with van der Waals surface area (Å²) in [4.78, 5) is 0. The summed E-state index contributed by atoms with van der Waals surface area (Å²) in [5.74, 6) is -0.393. The molecule has 0 aliphatic carbocycles. The van der Waals surface area contributed by atoms with E-state index in [9.17, 15) is 8.78 Å². The van der Waals surface area contributed by atoms with Gasteiger partial charge in [-0.05, 0) is 30.4 Å². The second-order valence-corrected chi connectivity index (χ2v) is 3.67. The third kappa shape index (κ3) is 3.13. The van der Waals surface area contributed by atoms with Gasteiger partial charge in [0.05, 0.1) is 0 Å². The van der Waals surface area contributed by atoms with Crippen molar-refractivity contribution in [2.75, 3.05) is 0 Å². The van der Waals surface area contributed by atoms with Crippen molar-refractivity contribution in [3.63, 3.8) is 0 Å². The van der Waals surface area contributed by atoms with Gasteiger partial charge in [0.15, 0.2) is 0 Å². The summed E-state index contributed by atoms with van der Waals surface area (Å²) < 4.78 is 25.6. The van der Waals surface area contributed by atoms with Crippen LogP contribution in [0, 0.1) is 17.6 Å². The first-order valence-corrected chi connectivity index (χ1v) is 4.53. The molecule has 0 amide bonds. The molecule has 0 spiro atoms. The van der Waals surface area contributed by atoms with Crippen molar-refractivity contribution in [3.05, 3.63) is 35.4 Å². The van der Waals surface area contributed by atoms with Crippen molar-refractivity contribution >= 4 is 0 Å². The van der Waals surface area contributed by atoms with Gasteiger partial charge in [0.25, 0.3) is 0 Å². The van der Waals surface area contributed by atoms with Crippen LogP contribution >= 0.6 is 0 Å². The average molecular weight is 184 g/mol. The summed E-state index contributed by atoms with van der Waals surface area (Å²) in [6.45, 7) is 4.17. The highest BCUT2D eigenvalue weighted by Crippen LogP contribution is 2.13. The molecule has 0 heterocycles. The summed E-state index contributed by atoms with van der Waals surface area (Å²) in [5.41, 5.74) is 0.607. The minimum atomic E-state index is -0.509. The SMILES string of the molecule is CC(C)CCc1ccc(F)cc1F. The van der Waals surface area contributed by atoms with Gasteiger partial charge in [-0.3, -0.25) is 0 Å². The molecule has 0 bridgehead atoms. The molecule has 0 aromatic heterocycles. The Morgan fingerprint density at radius 3 is 2.46 bits per heavy atom. The molecular weight excluding hydrogens is 170 g/mol. The number of rotatable bonds is 3. The van der Waals surface area contributed by atoms with Crippen LogP contribution in [0.25, 0.3) is 0 Å². The van der Waals surface area contributed by atoms with Gasteiger partial charge in [-0.2, -0.15) is 0 Å². The quantitative estimate of drug-likeness (QED) is 0.673. The first-order chi connectivity index (χ1) is 6.09. The van der Waals surface area contributed by atoms with Gasteiger partial charge in [-0.25, -0.2) is 8.78 Å². The lowest BCUT2D eigenvalue weighted by Crippen LogP contribution is -1.95. The van der Waals surface area contributed by atoms with Crippen molar-refractivity contribution in [1.82, 2.24) is 0 Å². The lowest BCUT2D eigenvalue weighted by Gasteiger charge is -2.05. The van der Waals surface area contributed by atoms with Crippen LogP contribution in [0.4, 0.5) is 8.78 Å². The topological polar surface area (TPSA) is 0 Å². The summed E-state index contributed by atoms with van der Waals surface area (Å²) >= 11 is 0. The maximum Gasteiger partial charge on any atom is 0.129 e. The number of aryl methyl sites for hydroxylation is 1. The fourth-order valence-electron chi connectivity index (χ4n) is 1.17. The summed E-state index contributed by atoms with van der Waals surface area (Å²) in [6.07, 6.45) is 1.62. The molecule has 0 unspecified atom stereocenters. The van der Waals surface area contributed by atoms with Crippen LogP contribution in [-0.4, -0.2) is 0 Å². The largest absolute Gasteiger partial charge is 0.207 e. The monoisotopic (exact) mass is 184 g/mol. The zero-order valence-corrected chi connectivity index (χ0v) is 7.98. The van der Waals surface area contributed by atoms with Crippen molar-refractivity contribution < 1.29 is 8.78 Å². The van der Waals surface area contributed by atoms with Gasteiger partial charge < -0.3 is 0 Å². The van der Waals surface area contributed by atoms with Crippen LogP contribution in [0.1, 0.15) is 25.8 Å². The standard InChI is InChI=1S/C11H14F2/c1-8(2)3-4-9-5-6-10(12)7-11(9)13/h5-8H,3-4H2,1-2H3. The lowest BCUT2D eigenvalue weighted by molar-refractivity contribution is 0.545. The smallest absolute Gasteiger partial charge is 0.129 e. The van der Waals surface area contributed by atoms with E-state index in [-0.39, 0.29) is 0 Å². The molecule has 1 aromatic carbocycles. The Balaban J connectivity index is 2.67. The summed E-state index contributed by atoms with van der Waals surface area (Å²) in [5, 5.41) is 0. The second kappa shape index (κ2) is 4.35. The van der Waals surface area contributed by atoms with Crippen LogP contribution < -0.4 is 0 Å². The third-order valence-corrected chi connectivity index (χ3v) is 2.01. The molecule has 2 heteroatoms. The number of hydrogen-bond acceptors (Lipinski definition) is 0. The van der Waals surface area contributed by atoms with Crippen LogP contribution in [0.5, 0.6) is 0 Å². The molecule has 0 saturated heterocycles. The minimum absolute atomic E-state index is 0.430. The molecule has 1 aromatic rings. The van der Waals surface area contributed by atoms with Crippen molar-refractivity contribution in [1.29, 1.82) is 0 Å². The van der Waals surface area contributed by atoms with E-state index < -0.39 is 11.6 Å². The van der Waals surface area contributed by atoms with E-state index in [1.807, 2.05) is 0 Å². The molecule has 72 valence electrons. The number of benzene rings is 1. The van der Waals surface area contributed by atoms with Crippen LogP contribution in [0.3, 0.4) is 0 Å². The Morgan fingerprint density at radius 2 is 1.92 bits per heavy atom. The molecule has 1 rings (SSSR count). The van der Waals surface area contributed by atoms with Crippen molar-refractivity contribution in [3.8, 4) is 0 Å². The van der Waals surface area contributed by atoms with E-state index in [0.717, 1.165) is 12.5 Å². The average Bonchev–Trinajstić information content (AvgIpc) is 2.02. The molecule has 0 N–H and O–H groups in total. The number of halogens is 2.